The lowest BCUT2D eigenvalue weighted by Crippen LogP contribution is -2.31. The van der Waals surface area contributed by atoms with Crippen LogP contribution in [-0.4, -0.2) is 5.78 Å². The first-order valence-electron chi connectivity index (χ1n) is 9.83. The molecular formula is C24H28N2O. The molecule has 0 saturated heterocycles. The highest BCUT2D eigenvalue weighted by Gasteiger charge is 2.38. The number of para-hydroxylation sites is 2. The number of ketones is 1. The number of anilines is 2. The van der Waals surface area contributed by atoms with Crippen molar-refractivity contribution in [3.63, 3.8) is 0 Å². The maximum atomic E-state index is 13.2. The Morgan fingerprint density at radius 3 is 2.30 bits per heavy atom. The van der Waals surface area contributed by atoms with Gasteiger partial charge in [-0.05, 0) is 41.0 Å². The molecule has 140 valence electrons. The number of hydrogen-bond acceptors (Lipinski definition) is 3. The smallest absolute Gasteiger partial charge is 0.163 e. The van der Waals surface area contributed by atoms with Crippen molar-refractivity contribution < 1.29 is 4.79 Å². The van der Waals surface area contributed by atoms with E-state index in [2.05, 4.69) is 74.7 Å². The summed E-state index contributed by atoms with van der Waals surface area (Å²) in [6.07, 6.45) is 1.47. The molecule has 0 unspecified atom stereocenters. The van der Waals surface area contributed by atoms with Gasteiger partial charge < -0.3 is 10.6 Å². The highest BCUT2D eigenvalue weighted by Crippen LogP contribution is 2.45. The Morgan fingerprint density at radius 1 is 0.963 bits per heavy atom. The molecule has 2 aliphatic rings. The summed E-state index contributed by atoms with van der Waals surface area (Å²) in [7, 11) is 0. The van der Waals surface area contributed by atoms with E-state index in [0.717, 1.165) is 34.6 Å². The third-order valence-corrected chi connectivity index (χ3v) is 5.66. The van der Waals surface area contributed by atoms with Crippen molar-refractivity contribution in [2.75, 3.05) is 10.6 Å². The molecule has 0 spiro atoms. The molecule has 2 aromatic carbocycles. The molecule has 2 aromatic rings. The van der Waals surface area contributed by atoms with E-state index in [1.165, 1.54) is 5.56 Å². The SMILES string of the molecule is CC(C)c1ccc([C@@H]2Nc3ccccc3NC3=C2C(=O)CC(C)(C)C3)cc1. The zero-order chi connectivity index (χ0) is 19.2. The van der Waals surface area contributed by atoms with E-state index in [1.807, 2.05) is 12.1 Å². The Bertz CT molecular complexity index is 906. The van der Waals surface area contributed by atoms with Gasteiger partial charge in [0.05, 0.1) is 17.4 Å². The summed E-state index contributed by atoms with van der Waals surface area (Å²) >= 11 is 0. The number of carbonyl (C=O) groups is 1. The van der Waals surface area contributed by atoms with Crippen LogP contribution in [0.25, 0.3) is 0 Å². The van der Waals surface area contributed by atoms with E-state index in [1.54, 1.807) is 0 Å². The molecule has 0 amide bonds. The van der Waals surface area contributed by atoms with Gasteiger partial charge in [-0.3, -0.25) is 4.79 Å². The third-order valence-electron chi connectivity index (χ3n) is 5.66. The van der Waals surface area contributed by atoms with Crippen molar-refractivity contribution in [3.05, 3.63) is 70.9 Å². The van der Waals surface area contributed by atoms with Crippen LogP contribution in [0.4, 0.5) is 11.4 Å². The van der Waals surface area contributed by atoms with Gasteiger partial charge in [-0.1, -0.05) is 64.1 Å². The number of hydrogen-bond donors (Lipinski definition) is 2. The fourth-order valence-electron chi connectivity index (χ4n) is 4.21. The van der Waals surface area contributed by atoms with Crippen molar-refractivity contribution >= 4 is 17.2 Å². The molecule has 2 N–H and O–H groups in total. The monoisotopic (exact) mass is 360 g/mol. The number of nitrogens with one attached hydrogen (secondary N) is 2. The fourth-order valence-corrected chi connectivity index (χ4v) is 4.21. The fraction of sp³-hybridized carbons (Fsp3) is 0.375. The largest absolute Gasteiger partial charge is 0.372 e. The molecule has 0 radical (unpaired) electrons. The highest BCUT2D eigenvalue weighted by atomic mass is 16.1. The van der Waals surface area contributed by atoms with Gasteiger partial charge in [-0.2, -0.15) is 0 Å². The molecule has 3 heteroatoms. The average molecular weight is 361 g/mol. The summed E-state index contributed by atoms with van der Waals surface area (Å²) in [6, 6.07) is 16.8. The minimum atomic E-state index is -0.124. The minimum absolute atomic E-state index is 0.0196. The molecule has 1 atom stereocenters. The Kier molecular flexibility index (Phi) is 4.33. The molecule has 1 aliphatic heterocycles. The summed E-state index contributed by atoms with van der Waals surface area (Å²) in [5, 5.41) is 7.21. The number of benzene rings is 2. The predicted octanol–water partition coefficient (Wildman–Crippen LogP) is 6.03. The van der Waals surface area contributed by atoms with E-state index in [4.69, 9.17) is 0 Å². The number of Topliss-reactive ketones (excluding diaryl/α,β-unsaturated/α-hetero) is 1. The zero-order valence-electron chi connectivity index (χ0n) is 16.6. The molecular weight excluding hydrogens is 332 g/mol. The second-order valence-electron chi connectivity index (χ2n) is 8.90. The first-order valence-corrected chi connectivity index (χ1v) is 9.83. The van der Waals surface area contributed by atoms with Crippen LogP contribution in [0.2, 0.25) is 0 Å². The second-order valence-corrected chi connectivity index (χ2v) is 8.90. The average Bonchev–Trinajstić information content (AvgIpc) is 2.77. The number of rotatable bonds is 2. The summed E-state index contributed by atoms with van der Waals surface area (Å²) in [5.74, 6) is 0.738. The summed E-state index contributed by atoms with van der Waals surface area (Å²) < 4.78 is 0. The molecule has 1 aliphatic carbocycles. The lowest BCUT2D eigenvalue weighted by atomic mass is 9.73. The van der Waals surface area contributed by atoms with Gasteiger partial charge >= 0.3 is 0 Å². The van der Waals surface area contributed by atoms with E-state index < -0.39 is 0 Å². The Balaban J connectivity index is 1.83. The van der Waals surface area contributed by atoms with Crippen LogP contribution in [0.1, 0.15) is 63.6 Å². The van der Waals surface area contributed by atoms with Gasteiger partial charge in [0.15, 0.2) is 5.78 Å². The van der Waals surface area contributed by atoms with Crippen molar-refractivity contribution in [2.24, 2.45) is 5.41 Å². The van der Waals surface area contributed by atoms with Crippen molar-refractivity contribution in [1.29, 1.82) is 0 Å². The van der Waals surface area contributed by atoms with Crippen molar-refractivity contribution in [3.8, 4) is 0 Å². The molecule has 0 saturated carbocycles. The topological polar surface area (TPSA) is 41.1 Å². The molecule has 0 bridgehead atoms. The van der Waals surface area contributed by atoms with Crippen LogP contribution in [0.5, 0.6) is 0 Å². The first kappa shape index (κ1) is 17.8. The summed E-state index contributed by atoms with van der Waals surface area (Å²) in [5.41, 5.74) is 6.46. The van der Waals surface area contributed by atoms with Crippen LogP contribution in [-0.2, 0) is 4.79 Å². The Morgan fingerprint density at radius 2 is 1.63 bits per heavy atom. The number of carbonyl (C=O) groups excluding carboxylic acids is 1. The van der Waals surface area contributed by atoms with Crippen molar-refractivity contribution in [1.82, 2.24) is 0 Å². The number of fused-ring (bicyclic) bond motifs is 1. The van der Waals surface area contributed by atoms with E-state index >= 15 is 0 Å². The molecule has 0 aromatic heterocycles. The van der Waals surface area contributed by atoms with E-state index in [9.17, 15) is 4.79 Å². The third kappa shape index (κ3) is 3.39. The normalized spacial score (nSPS) is 21.1. The zero-order valence-corrected chi connectivity index (χ0v) is 16.6. The van der Waals surface area contributed by atoms with Crippen LogP contribution in [0.15, 0.2) is 59.8 Å². The predicted molar refractivity (Wildman–Crippen MR) is 112 cm³/mol. The van der Waals surface area contributed by atoms with E-state index in [0.29, 0.717) is 12.3 Å². The molecule has 0 fully saturated rings. The van der Waals surface area contributed by atoms with E-state index in [-0.39, 0.29) is 17.2 Å². The van der Waals surface area contributed by atoms with Gasteiger partial charge in [-0.15, -0.1) is 0 Å². The van der Waals surface area contributed by atoms with Gasteiger partial charge in [0.1, 0.15) is 0 Å². The standard InChI is InChI=1S/C24H28N2O/c1-15(2)16-9-11-17(12-10-16)23-22-20(13-24(3,4)14-21(22)27)25-18-7-5-6-8-19(18)26-23/h5-12,15,23,25-26H,13-14H2,1-4H3/t23-/m0/s1. The molecule has 3 nitrogen and oxygen atoms in total. The maximum absolute atomic E-state index is 13.2. The lowest BCUT2D eigenvalue weighted by Gasteiger charge is -2.34. The molecule has 1 heterocycles. The minimum Gasteiger partial charge on any atom is -0.372 e. The summed E-state index contributed by atoms with van der Waals surface area (Å²) in [6.45, 7) is 8.75. The van der Waals surface area contributed by atoms with Gasteiger partial charge in [-0.25, -0.2) is 0 Å². The van der Waals surface area contributed by atoms with Crippen LogP contribution < -0.4 is 10.6 Å². The van der Waals surface area contributed by atoms with Crippen LogP contribution in [0.3, 0.4) is 0 Å². The Labute approximate surface area is 161 Å². The maximum Gasteiger partial charge on any atom is 0.163 e. The van der Waals surface area contributed by atoms with Gasteiger partial charge in [0, 0.05) is 17.7 Å². The van der Waals surface area contributed by atoms with Gasteiger partial charge in [0.2, 0.25) is 0 Å². The highest BCUT2D eigenvalue weighted by molar-refractivity contribution is 6.01. The Hall–Kier alpha value is -2.55. The molecule has 4 rings (SSSR count). The van der Waals surface area contributed by atoms with Crippen LogP contribution in [0, 0.1) is 5.41 Å². The van der Waals surface area contributed by atoms with Crippen molar-refractivity contribution in [2.45, 2.75) is 52.5 Å². The number of allylic oxidation sites excluding steroid dienone is 1. The summed E-state index contributed by atoms with van der Waals surface area (Å²) in [4.78, 5) is 13.2. The lowest BCUT2D eigenvalue weighted by molar-refractivity contribution is -0.118. The van der Waals surface area contributed by atoms with Crippen LogP contribution >= 0.6 is 0 Å². The first-order chi connectivity index (χ1) is 12.8. The molecule has 27 heavy (non-hydrogen) atoms. The van der Waals surface area contributed by atoms with Gasteiger partial charge in [0.25, 0.3) is 0 Å². The quantitative estimate of drug-likeness (QED) is 0.687. The second kappa shape index (κ2) is 6.56.